The smallest absolute Gasteiger partial charge is 0.338 e. The molecule has 3 aliphatic heterocycles. The average Bonchev–Trinajstić information content (AvgIpc) is 3.10. The molecule has 16 heteroatoms. The predicted octanol–water partition coefficient (Wildman–Crippen LogP) is 2.17. The Kier molecular flexibility index (Phi) is 12.7. The van der Waals surface area contributed by atoms with Gasteiger partial charge in [0, 0.05) is 40.4 Å². The molecule has 0 radical (unpaired) electrons. The molecule has 0 amide bonds. The molecule has 2 aromatic rings. The molecule has 3 heterocycles. The molecule has 11 unspecified atom stereocenters. The lowest BCUT2D eigenvalue weighted by molar-refractivity contribution is -0.389. The van der Waals surface area contributed by atoms with Crippen LogP contribution in [-0.4, -0.2) is 112 Å². The number of esters is 5. The van der Waals surface area contributed by atoms with Gasteiger partial charge in [-0.2, -0.15) is 0 Å². The third-order valence-electron chi connectivity index (χ3n) is 8.08. The second-order valence-electron chi connectivity index (χ2n) is 11.9. The number of carbonyl (C=O) groups is 5. The Labute approximate surface area is 293 Å². The molecule has 3 aliphatic rings. The first-order valence-electron chi connectivity index (χ1n) is 16.2. The summed E-state index contributed by atoms with van der Waals surface area (Å²) in [6, 6.07) is 17.2. The van der Waals surface area contributed by atoms with Gasteiger partial charge in [0.15, 0.2) is 43.3 Å². The third-order valence-corrected chi connectivity index (χ3v) is 8.08. The highest BCUT2D eigenvalue weighted by Gasteiger charge is 2.58. The molecule has 0 bridgehead atoms. The summed E-state index contributed by atoms with van der Waals surface area (Å²) in [4.78, 5) is 62.4. The number of benzene rings is 2. The Balaban J connectivity index is 1.57. The van der Waals surface area contributed by atoms with Gasteiger partial charge in [0.2, 0.25) is 0 Å². The van der Waals surface area contributed by atoms with E-state index in [-0.39, 0.29) is 12.2 Å². The monoisotopic (exact) mass is 716 g/mol. The van der Waals surface area contributed by atoms with Crippen molar-refractivity contribution in [3.8, 4) is 0 Å². The van der Waals surface area contributed by atoms with E-state index in [2.05, 4.69) is 0 Å². The van der Waals surface area contributed by atoms with E-state index in [0.717, 1.165) is 27.7 Å². The first kappa shape index (κ1) is 37.8. The minimum Gasteiger partial charge on any atom is -0.463 e. The number of ether oxygens (including phenoxy) is 11. The topological polar surface area (TPSA) is 187 Å². The first-order valence-corrected chi connectivity index (χ1v) is 16.2. The second-order valence-corrected chi connectivity index (χ2v) is 11.9. The van der Waals surface area contributed by atoms with Crippen LogP contribution in [0.25, 0.3) is 0 Å². The standard InChI is InChI=1S/C35H40O16/c1-18(36)42-16-24-26(44-19(2)37)28(45-20(3)38)31(46-21(4)39)35(48-24)51-29-27-25(17-43-33(50-27)23-14-10-7-11-15-23)47-34(41-5)30(29)49-32(40)22-12-8-6-9-13-22/h6-15,24-31,33-35H,16-17H2,1-5H3. The number of methoxy groups -OCH3 is 1. The number of fused-ring (bicyclic) bond motifs is 1. The largest absolute Gasteiger partial charge is 0.463 e. The van der Waals surface area contributed by atoms with Gasteiger partial charge in [-0.25, -0.2) is 4.79 Å². The molecule has 0 saturated carbocycles. The highest BCUT2D eigenvalue weighted by molar-refractivity contribution is 5.89. The molecule has 276 valence electrons. The lowest BCUT2D eigenvalue weighted by atomic mass is 9.95. The quantitative estimate of drug-likeness (QED) is 0.243. The minimum atomic E-state index is -1.63. The molecule has 0 spiro atoms. The molecule has 3 fully saturated rings. The SMILES string of the molecule is COC1OC2COC(c3ccccc3)OC2C(OC2OC(COC(C)=O)C(OC(C)=O)C(OC(C)=O)C2OC(C)=O)C1OC(=O)c1ccccc1. The van der Waals surface area contributed by atoms with Crippen LogP contribution in [0.1, 0.15) is 49.9 Å². The lowest BCUT2D eigenvalue weighted by Gasteiger charge is -2.50. The van der Waals surface area contributed by atoms with Crippen LogP contribution < -0.4 is 0 Å². The van der Waals surface area contributed by atoms with E-state index in [1.165, 1.54) is 7.11 Å². The summed E-state index contributed by atoms with van der Waals surface area (Å²) in [6.07, 6.45) is -14.1. The number of hydrogen-bond acceptors (Lipinski definition) is 16. The zero-order valence-corrected chi connectivity index (χ0v) is 28.6. The normalized spacial score (nSPS) is 31.7. The fourth-order valence-electron chi connectivity index (χ4n) is 6.02. The molecule has 3 saturated heterocycles. The van der Waals surface area contributed by atoms with Gasteiger partial charge >= 0.3 is 29.8 Å². The van der Waals surface area contributed by atoms with Gasteiger partial charge in [-0.05, 0) is 12.1 Å². The molecular weight excluding hydrogens is 676 g/mol. The fourth-order valence-corrected chi connectivity index (χ4v) is 6.02. The molecular formula is C35H40O16. The number of hydrogen-bond donors (Lipinski definition) is 0. The molecule has 0 N–H and O–H groups in total. The maximum atomic E-state index is 13.5. The van der Waals surface area contributed by atoms with Crippen LogP contribution in [0.5, 0.6) is 0 Å². The van der Waals surface area contributed by atoms with Crippen molar-refractivity contribution in [1.29, 1.82) is 0 Å². The highest BCUT2D eigenvalue weighted by Crippen LogP contribution is 2.39. The van der Waals surface area contributed by atoms with Gasteiger partial charge in [0.1, 0.15) is 31.0 Å². The van der Waals surface area contributed by atoms with Crippen molar-refractivity contribution >= 4 is 29.8 Å². The van der Waals surface area contributed by atoms with Crippen LogP contribution in [0.4, 0.5) is 0 Å². The fraction of sp³-hybridized carbons (Fsp3) is 0.514. The zero-order chi connectivity index (χ0) is 36.7. The summed E-state index contributed by atoms with van der Waals surface area (Å²) in [5.74, 6) is -3.87. The molecule has 0 aromatic heterocycles. The van der Waals surface area contributed by atoms with Crippen LogP contribution in [0.3, 0.4) is 0 Å². The molecule has 5 rings (SSSR count). The lowest BCUT2D eigenvalue weighted by Crippen LogP contribution is -2.68. The van der Waals surface area contributed by atoms with Gasteiger partial charge in [-0.1, -0.05) is 48.5 Å². The van der Waals surface area contributed by atoms with Gasteiger partial charge < -0.3 is 52.1 Å². The van der Waals surface area contributed by atoms with Crippen LogP contribution in [0.15, 0.2) is 60.7 Å². The summed E-state index contributed by atoms with van der Waals surface area (Å²) in [5, 5.41) is 0. The van der Waals surface area contributed by atoms with Crippen LogP contribution >= 0.6 is 0 Å². The second kappa shape index (κ2) is 17.2. The maximum absolute atomic E-state index is 13.5. The van der Waals surface area contributed by atoms with Gasteiger partial charge in [0.25, 0.3) is 0 Å². The summed E-state index contributed by atoms with van der Waals surface area (Å²) in [5.41, 5.74) is 0.893. The molecule has 0 aliphatic carbocycles. The van der Waals surface area contributed by atoms with Crippen molar-refractivity contribution in [2.24, 2.45) is 0 Å². The first-order chi connectivity index (χ1) is 24.4. The zero-order valence-electron chi connectivity index (χ0n) is 28.6. The van der Waals surface area contributed by atoms with E-state index in [1.807, 2.05) is 18.2 Å². The van der Waals surface area contributed by atoms with Crippen molar-refractivity contribution < 1.29 is 76.1 Å². The van der Waals surface area contributed by atoms with Crippen molar-refractivity contribution in [1.82, 2.24) is 0 Å². The summed E-state index contributed by atoms with van der Waals surface area (Å²) in [7, 11) is 1.34. The van der Waals surface area contributed by atoms with E-state index in [9.17, 15) is 24.0 Å². The number of rotatable bonds is 11. The van der Waals surface area contributed by atoms with Gasteiger partial charge in [-0.15, -0.1) is 0 Å². The Morgan fingerprint density at radius 3 is 1.84 bits per heavy atom. The van der Waals surface area contributed by atoms with Crippen LogP contribution in [0, 0.1) is 0 Å². The molecule has 2 aromatic carbocycles. The van der Waals surface area contributed by atoms with Crippen LogP contribution in [-0.2, 0) is 71.3 Å². The molecule has 51 heavy (non-hydrogen) atoms. The van der Waals surface area contributed by atoms with Gasteiger partial charge in [-0.3, -0.25) is 19.2 Å². The highest BCUT2D eigenvalue weighted by atomic mass is 16.8. The average molecular weight is 717 g/mol. The minimum absolute atomic E-state index is 0.00186. The summed E-state index contributed by atoms with van der Waals surface area (Å²) < 4.78 is 64.9. The van der Waals surface area contributed by atoms with Crippen LogP contribution in [0.2, 0.25) is 0 Å². The molecule has 11 atom stereocenters. The Morgan fingerprint density at radius 1 is 0.647 bits per heavy atom. The summed E-state index contributed by atoms with van der Waals surface area (Å²) >= 11 is 0. The van der Waals surface area contributed by atoms with E-state index >= 15 is 0 Å². The van der Waals surface area contributed by atoms with E-state index in [4.69, 9.17) is 52.1 Å². The summed E-state index contributed by atoms with van der Waals surface area (Å²) in [6.45, 7) is 4.00. The van der Waals surface area contributed by atoms with Crippen molar-refractivity contribution in [3.05, 3.63) is 71.8 Å². The Hall–Kier alpha value is -4.45. The van der Waals surface area contributed by atoms with E-state index < -0.39 is 104 Å². The maximum Gasteiger partial charge on any atom is 0.338 e. The predicted molar refractivity (Wildman–Crippen MR) is 168 cm³/mol. The number of carbonyl (C=O) groups excluding carboxylic acids is 5. The Morgan fingerprint density at radius 2 is 1.24 bits per heavy atom. The molecule has 16 nitrogen and oxygen atoms in total. The third kappa shape index (κ3) is 9.46. The van der Waals surface area contributed by atoms with E-state index in [1.54, 1.807) is 42.5 Å². The van der Waals surface area contributed by atoms with Crippen molar-refractivity contribution in [2.45, 2.75) is 95.4 Å². The Bertz CT molecular complexity index is 1520. The van der Waals surface area contributed by atoms with E-state index in [0.29, 0.717) is 5.56 Å². The van der Waals surface area contributed by atoms with Crippen molar-refractivity contribution in [3.63, 3.8) is 0 Å². The van der Waals surface area contributed by atoms with Crippen molar-refractivity contribution in [2.75, 3.05) is 20.3 Å². The van der Waals surface area contributed by atoms with Gasteiger partial charge in [0.05, 0.1) is 12.2 Å².